The number of benzene rings is 2. The molecule has 28 heavy (non-hydrogen) atoms. The van der Waals surface area contributed by atoms with E-state index < -0.39 is 28.0 Å². The van der Waals surface area contributed by atoms with Gasteiger partial charge in [0, 0.05) is 0 Å². The average Bonchev–Trinajstić information content (AvgIpc) is 2.67. The van der Waals surface area contributed by atoms with Gasteiger partial charge in [0.1, 0.15) is 6.04 Å². The molecular weight excluding hydrogens is 380 g/mol. The van der Waals surface area contributed by atoms with Gasteiger partial charge in [0.2, 0.25) is 15.9 Å². The summed E-state index contributed by atoms with van der Waals surface area (Å²) in [6, 6.07) is 17.2. The lowest BCUT2D eigenvalue weighted by molar-refractivity contribution is -0.125. The van der Waals surface area contributed by atoms with Crippen LogP contribution in [0, 0.1) is 0 Å². The normalized spacial score (nSPS) is 13.6. The van der Waals surface area contributed by atoms with Gasteiger partial charge in [0.15, 0.2) is 0 Å². The molecule has 2 atom stereocenters. The quantitative estimate of drug-likeness (QED) is 0.513. The molecule has 0 aliphatic rings. The molecule has 0 saturated carbocycles. The van der Waals surface area contributed by atoms with Crippen LogP contribution in [0.1, 0.15) is 11.1 Å². The maximum Gasteiger partial charge on any atom is 0.240 e. The molecule has 2 aromatic carbocycles. The lowest BCUT2D eigenvalue weighted by Gasteiger charge is -2.22. The van der Waals surface area contributed by atoms with E-state index in [1.54, 1.807) is 0 Å². The molecule has 7 nitrogen and oxygen atoms in total. The first-order valence-electron chi connectivity index (χ1n) is 8.91. The molecule has 0 aliphatic heterocycles. The molecule has 2 aromatic rings. The van der Waals surface area contributed by atoms with E-state index in [0.717, 1.165) is 17.4 Å². The lowest BCUT2D eigenvalue weighted by Crippen LogP contribution is -2.52. The predicted octanol–water partition coefficient (Wildman–Crippen LogP) is 0.841. The number of ether oxygens (including phenoxy) is 1. The van der Waals surface area contributed by atoms with Crippen molar-refractivity contribution in [3.05, 3.63) is 71.8 Å². The molecule has 3 N–H and O–H groups in total. The van der Waals surface area contributed by atoms with Gasteiger partial charge in [-0.05, 0) is 17.5 Å². The highest BCUT2D eigenvalue weighted by atomic mass is 32.2. The second kappa shape index (κ2) is 10.9. The fraction of sp³-hybridized carbons (Fsp3) is 0.350. The van der Waals surface area contributed by atoms with E-state index in [-0.39, 0.29) is 19.8 Å². The zero-order chi connectivity index (χ0) is 20.4. The smallest absolute Gasteiger partial charge is 0.240 e. The molecule has 0 aromatic heterocycles. The molecule has 152 valence electrons. The molecular formula is C20H26N2O5S. The molecule has 8 heteroatoms. The first kappa shape index (κ1) is 22.0. The number of hydrogen-bond acceptors (Lipinski definition) is 5. The van der Waals surface area contributed by atoms with Crippen molar-refractivity contribution < 1.29 is 23.1 Å². The fourth-order valence-corrected chi connectivity index (χ4v) is 3.34. The van der Waals surface area contributed by atoms with Crippen molar-refractivity contribution in [2.24, 2.45) is 0 Å². The average molecular weight is 407 g/mol. The molecule has 0 aliphatic carbocycles. The first-order chi connectivity index (χ1) is 13.4. The maximum absolute atomic E-state index is 12.6. The third-order valence-electron chi connectivity index (χ3n) is 3.96. The van der Waals surface area contributed by atoms with Crippen LogP contribution in [0.25, 0.3) is 0 Å². The van der Waals surface area contributed by atoms with Gasteiger partial charge in [-0.15, -0.1) is 0 Å². The van der Waals surface area contributed by atoms with Gasteiger partial charge in [0.05, 0.1) is 32.1 Å². The molecule has 0 radical (unpaired) electrons. The van der Waals surface area contributed by atoms with Crippen LogP contribution in [0.5, 0.6) is 0 Å². The summed E-state index contributed by atoms with van der Waals surface area (Å²) in [7, 11) is -3.62. The Morgan fingerprint density at radius 1 is 1.04 bits per heavy atom. The number of rotatable bonds is 11. The molecule has 0 unspecified atom stereocenters. The number of hydrogen-bond donors (Lipinski definition) is 3. The van der Waals surface area contributed by atoms with Crippen molar-refractivity contribution in [3.63, 3.8) is 0 Å². The summed E-state index contributed by atoms with van der Waals surface area (Å²) in [6.45, 7) is -0.141. The summed E-state index contributed by atoms with van der Waals surface area (Å²) in [5, 5.41) is 12.3. The lowest BCUT2D eigenvalue weighted by atomic mass is 10.1. The van der Waals surface area contributed by atoms with Crippen molar-refractivity contribution in [2.75, 3.05) is 19.5 Å². The van der Waals surface area contributed by atoms with Crippen LogP contribution in [0.15, 0.2) is 60.7 Å². The number of sulfonamides is 1. The number of aliphatic hydroxyl groups is 1. The first-order valence-corrected chi connectivity index (χ1v) is 10.8. The minimum Gasteiger partial charge on any atom is -0.394 e. The minimum absolute atomic E-state index is 0.128. The summed E-state index contributed by atoms with van der Waals surface area (Å²) in [5.41, 5.74) is 1.87. The minimum atomic E-state index is -3.62. The topological polar surface area (TPSA) is 105 Å². The van der Waals surface area contributed by atoms with Gasteiger partial charge in [0.25, 0.3) is 0 Å². The van der Waals surface area contributed by atoms with Crippen molar-refractivity contribution >= 4 is 15.9 Å². The molecule has 2 rings (SSSR count). The van der Waals surface area contributed by atoms with E-state index in [1.807, 2.05) is 60.7 Å². The summed E-state index contributed by atoms with van der Waals surface area (Å²) < 4.78 is 31.1. The third-order valence-corrected chi connectivity index (χ3v) is 4.67. The van der Waals surface area contributed by atoms with Gasteiger partial charge in [-0.2, -0.15) is 0 Å². The third kappa shape index (κ3) is 8.18. The van der Waals surface area contributed by atoms with Gasteiger partial charge >= 0.3 is 0 Å². The van der Waals surface area contributed by atoms with E-state index in [1.165, 1.54) is 0 Å². The van der Waals surface area contributed by atoms with Crippen LogP contribution < -0.4 is 10.0 Å². The monoisotopic (exact) mass is 406 g/mol. The van der Waals surface area contributed by atoms with Crippen molar-refractivity contribution in [1.29, 1.82) is 0 Å². The Morgan fingerprint density at radius 2 is 1.61 bits per heavy atom. The van der Waals surface area contributed by atoms with Crippen LogP contribution in [0.4, 0.5) is 0 Å². The molecule has 0 saturated heterocycles. The molecule has 0 spiro atoms. The van der Waals surface area contributed by atoms with E-state index >= 15 is 0 Å². The van der Waals surface area contributed by atoms with Gasteiger partial charge < -0.3 is 15.2 Å². The Balaban J connectivity index is 1.96. The number of nitrogens with one attached hydrogen (secondary N) is 2. The van der Waals surface area contributed by atoms with Crippen LogP contribution in [0.3, 0.4) is 0 Å². The van der Waals surface area contributed by atoms with E-state index in [2.05, 4.69) is 10.0 Å². The SMILES string of the molecule is CS(=O)(=O)N[C@@H](COCc1ccccc1)C(=O)N[C@H](CO)Cc1ccccc1. The Labute approximate surface area is 165 Å². The standard InChI is InChI=1S/C20H26N2O5S/c1-28(25,26)22-19(15-27-14-17-10-6-3-7-11-17)20(24)21-18(13-23)12-16-8-4-2-5-9-16/h2-11,18-19,22-23H,12-15H2,1H3,(H,21,24)/t18-,19-/m0/s1. The van der Waals surface area contributed by atoms with Crippen molar-refractivity contribution in [1.82, 2.24) is 10.0 Å². The summed E-state index contributed by atoms with van der Waals surface area (Å²) in [5.74, 6) is -0.548. The van der Waals surface area contributed by atoms with Crippen LogP contribution in [-0.2, 0) is 32.6 Å². The predicted molar refractivity (Wildman–Crippen MR) is 107 cm³/mol. The molecule has 0 fully saturated rings. The van der Waals surface area contributed by atoms with Crippen LogP contribution in [0.2, 0.25) is 0 Å². The highest BCUT2D eigenvalue weighted by Gasteiger charge is 2.24. The molecule has 1 amide bonds. The Hall–Kier alpha value is -2.26. The summed E-state index contributed by atoms with van der Waals surface area (Å²) in [4.78, 5) is 12.6. The maximum atomic E-state index is 12.6. The van der Waals surface area contributed by atoms with Crippen molar-refractivity contribution in [3.8, 4) is 0 Å². The molecule has 0 heterocycles. The van der Waals surface area contributed by atoms with Crippen LogP contribution >= 0.6 is 0 Å². The van der Waals surface area contributed by atoms with Gasteiger partial charge in [-0.25, -0.2) is 13.1 Å². The number of carbonyl (C=O) groups excluding carboxylic acids is 1. The van der Waals surface area contributed by atoms with Gasteiger partial charge in [-0.3, -0.25) is 4.79 Å². The Bertz CT molecular complexity index is 828. The Morgan fingerprint density at radius 3 is 2.14 bits per heavy atom. The second-order valence-corrected chi connectivity index (χ2v) is 8.30. The van der Waals surface area contributed by atoms with Crippen molar-refractivity contribution in [2.45, 2.75) is 25.1 Å². The molecule has 0 bridgehead atoms. The Kier molecular flexibility index (Phi) is 8.59. The fourth-order valence-electron chi connectivity index (χ4n) is 2.65. The number of carbonyl (C=O) groups is 1. The number of amides is 1. The van der Waals surface area contributed by atoms with E-state index in [9.17, 15) is 18.3 Å². The number of aliphatic hydroxyl groups excluding tert-OH is 1. The zero-order valence-corrected chi connectivity index (χ0v) is 16.6. The van der Waals surface area contributed by atoms with E-state index in [4.69, 9.17) is 4.74 Å². The van der Waals surface area contributed by atoms with E-state index in [0.29, 0.717) is 6.42 Å². The highest BCUT2D eigenvalue weighted by molar-refractivity contribution is 7.88. The van der Waals surface area contributed by atoms with Gasteiger partial charge in [-0.1, -0.05) is 60.7 Å². The summed E-state index contributed by atoms with van der Waals surface area (Å²) in [6.07, 6.45) is 1.41. The zero-order valence-electron chi connectivity index (χ0n) is 15.7. The second-order valence-electron chi connectivity index (χ2n) is 6.52. The summed E-state index contributed by atoms with van der Waals surface area (Å²) >= 11 is 0. The van der Waals surface area contributed by atoms with Crippen LogP contribution in [-0.4, -0.2) is 51.0 Å². The highest BCUT2D eigenvalue weighted by Crippen LogP contribution is 2.05. The largest absolute Gasteiger partial charge is 0.394 e.